The van der Waals surface area contributed by atoms with Crippen molar-refractivity contribution in [3.8, 4) is 0 Å². The first-order valence-electron chi connectivity index (χ1n) is 14.0. The number of hydrogen-bond acceptors (Lipinski definition) is 6. The first-order chi connectivity index (χ1) is 18.4. The minimum atomic E-state index is -0.642. The van der Waals surface area contributed by atoms with E-state index in [4.69, 9.17) is 16.3 Å². The van der Waals surface area contributed by atoms with E-state index in [2.05, 4.69) is 20.7 Å². The molecule has 1 saturated carbocycles. The fourth-order valence-corrected chi connectivity index (χ4v) is 5.93. The summed E-state index contributed by atoms with van der Waals surface area (Å²) in [5, 5.41) is 20.3. The molecule has 2 unspecified atom stereocenters. The number of likely N-dealkylation sites (tertiary alicyclic amines) is 1. The average Bonchev–Trinajstić information content (AvgIpc) is 2.93. The maximum absolute atomic E-state index is 13.4. The number of nitrogens with zero attached hydrogens (tertiary/aromatic N) is 1. The van der Waals surface area contributed by atoms with Gasteiger partial charge in [-0.3, -0.25) is 0 Å². The zero-order valence-corrected chi connectivity index (χ0v) is 23.5. The highest BCUT2D eigenvalue weighted by molar-refractivity contribution is 6.30. The Kier molecular flexibility index (Phi) is 12.9. The lowest BCUT2D eigenvalue weighted by Crippen LogP contribution is -2.54. The lowest BCUT2D eigenvalue weighted by molar-refractivity contribution is -0.00905. The van der Waals surface area contributed by atoms with Crippen LogP contribution < -0.4 is 16.0 Å². The number of nitrogens with one attached hydrogen (secondary N) is 3. The molecule has 10 heteroatoms. The SMILES string of the molecule is CNCC(O)C(CC1CCCCC1)NC(=O)N1CCC[C@@H]([C@@H](OCCNC(=O)OC)c2cccc(Cl)c2)C1. The van der Waals surface area contributed by atoms with E-state index >= 15 is 0 Å². The van der Waals surface area contributed by atoms with E-state index in [1.807, 2.05) is 36.2 Å². The molecule has 38 heavy (non-hydrogen) atoms. The molecule has 0 spiro atoms. The van der Waals surface area contributed by atoms with Gasteiger partial charge in [-0.25, -0.2) is 9.59 Å². The van der Waals surface area contributed by atoms with E-state index in [1.165, 1.54) is 26.4 Å². The summed E-state index contributed by atoms with van der Waals surface area (Å²) in [5.74, 6) is 0.596. The number of urea groups is 1. The summed E-state index contributed by atoms with van der Waals surface area (Å²) in [6.07, 6.45) is 7.17. The van der Waals surface area contributed by atoms with Gasteiger partial charge in [0, 0.05) is 37.1 Å². The van der Waals surface area contributed by atoms with E-state index in [0.717, 1.165) is 37.7 Å². The number of ether oxygens (including phenoxy) is 2. The second-order valence-electron chi connectivity index (χ2n) is 10.5. The van der Waals surface area contributed by atoms with Crippen LogP contribution in [0.2, 0.25) is 5.02 Å². The van der Waals surface area contributed by atoms with Crippen molar-refractivity contribution in [1.82, 2.24) is 20.9 Å². The number of amides is 3. The van der Waals surface area contributed by atoms with Crippen molar-refractivity contribution in [2.45, 2.75) is 69.6 Å². The van der Waals surface area contributed by atoms with Crippen LogP contribution >= 0.6 is 11.6 Å². The lowest BCUT2D eigenvalue weighted by atomic mass is 9.83. The largest absolute Gasteiger partial charge is 0.453 e. The summed E-state index contributed by atoms with van der Waals surface area (Å²) in [4.78, 5) is 26.7. The molecule has 2 fully saturated rings. The second-order valence-corrected chi connectivity index (χ2v) is 11.0. The first-order valence-corrected chi connectivity index (χ1v) is 14.4. The van der Waals surface area contributed by atoms with Crippen molar-refractivity contribution in [2.24, 2.45) is 11.8 Å². The normalized spacial score (nSPS) is 20.8. The molecule has 1 heterocycles. The van der Waals surface area contributed by atoms with Crippen LogP contribution in [0.3, 0.4) is 0 Å². The van der Waals surface area contributed by atoms with Gasteiger partial charge in [-0.2, -0.15) is 0 Å². The van der Waals surface area contributed by atoms with Gasteiger partial charge in [0.05, 0.1) is 32.0 Å². The third kappa shape index (κ3) is 9.59. The number of hydrogen-bond donors (Lipinski definition) is 4. The quantitative estimate of drug-likeness (QED) is 0.291. The van der Waals surface area contributed by atoms with Gasteiger partial charge in [-0.05, 0) is 49.9 Å². The zero-order chi connectivity index (χ0) is 27.3. The Bertz CT molecular complexity index is 869. The topological polar surface area (TPSA) is 112 Å². The highest BCUT2D eigenvalue weighted by Crippen LogP contribution is 2.34. The van der Waals surface area contributed by atoms with Gasteiger partial charge in [-0.1, -0.05) is 55.8 Å². The van der Waals surface area contributed by atoms with E-state index in [9.17, 15) is 14.7 Å². The number of likely N-dealkylation sites (N-methyl/N-ethyl adjacent to an activating group) is 1. The van der Waals surface area contributed by atoms with Crippen LogP contribution in [0.25, 0.3) is 0 Å². The van der Waals surface area contributed by atoms with Gasteiger partial charge >= 0.3 is 12.1 Å². The van der Waals surface area contributed by atoms with Gasteiger partial charge in [0.1, 0.15) is 0 Å². The van der Waals surface area contributed by atoms with E-state index in [0.29, 0.717) is 43.7 Å². The van der Waals surface area contributed by atoms with Crippen molar-refractivity contribution >= 4 is 23.7 Å². The van der Waals surface area contributed by atoms with Crippen LogP contribution in [0.5, 0.6) is 0 Å². The second kappa shape index (κ2) is 16.1. The van der Waals surface area contributed by atoms with E-state index < -0.39 is 12.2 Å². The predicted octanol–water partition coefficient (Wildman–Crippen LogP) is 4.09. The van der Waals surface area contributed by atoms with Gasteiger partial charge in [0.2, 0.25) is 0 Å². The maximum atomic E-state index is 13.4. The molecule has 4 N–H and O–H groups in total. The summed E-state index contributed by atoms with van der Waals surface area (Å²) in [5.41, 5.74) is 0.947. The number of aliphatic hydroxyl groups is 1. The van der Waals surface area contributed by atoms with Crippen LogP contribution in [-0.2, 0) is 9.47 Å². The molecule has 2 aliphatic rings. The molecule has 9 nitrogen and oxygen atoms in total. The van der Waals surface area contributed by atoms with Gasteiger partial charge in [0.25, 0.3) is 0 Å². The number of halogens is 1. The monoisotopic (exact) mass is 552 g/mol. The number of piperidine rings is 1. The number of carbonyl (C=O) groups excluding carboxylic acids is 2. The van der Waals surface area contributed by atoms with Gasteiger partial charge in [-0.15, -0.1) is 0 Å². The van der Waals surface area contributed by atoms with Crippen molar-refractivity contribution in [3.63, 3.8) is 0 Å². The predicted molar refractivity (Wildman–Crippen MR) is 148 cm³/mol. The molecule has 0 bridgehead atoms. The van der Waals surface area contributed by atoms with E-state index in [-0.39, 0.29) is 24.1 Å². The molecular weight excluding hydrogens is 508 g/mol. The van der Waals surface area contributed by atoms with Crippen molar-refractivity contribution in [2.75, 3.05) is 46.9 Å². The number of carbonyl (C=O) groups is 2. The van der Waals surface area contributed by atoms with E-state index in [1.54, 1.807) is 0 Å². The van der Waals surface area contributed by atoms with Gasteiger partial charge < -0.3 is 35.4 Å². The average molecular weight is 553 g/mol. The first kappa shape index (κ1) is 30.5. The summed E-state index contributed by atoms with van der Waals surface area (Å²) in [6.45, 7) is 2.24. The Labute approximate surface area is 232 Å². The Morgan fingerprint density at radius 3 is 2.68 bits per heavy atom. The fourth-order valence-electron chi connectivity index (χ4n) is 5.74. The molecule has 214 valence electrons. The molecular formula is C28H45ClN4O5. The summed E-state index contributed by atoms with van der Waals surface area (Å²) < 4.78 is 10.9. The molecule has 3 amide bonds. The Balaban J connectivity index is 1.66. The summed E-state index contributed by atoms with van der Waals surface area (Å²) in [7, 11) is 3.14. The molecule has 3 rings (SSSR count). The Morgan fingerprint density at radius 1 is 1.18 bits per heavy atom. The molecule has 1 saturated heterocycles. The number of rotatable bonds is 12. The van der Waals surface area contributed by atoms with Gasteiger partial charge in [0.15, 0.2) is 0 Å². The summed E-state index contributed by atoms with van der Waals surface area (Å²) >= 11 is 6.29. The van der Waals surface area contributed by atoms with Crippen LogP contribution in [0.1, 0.15) is 63.0 Å². The molecule has 0 radical (unpaired) electrons. The maximum Gasteiger partial charge on any atom is 0.406 e. The van der Waals surface area contributed by atoms with Crippen molar-refractivity contribution in [3.05, 3.63) is 34.9 Å². The Hall–Kier alpha value is -2.07. The number of alkyl carbamates (subject to hydrolysis) is 1. The van der Waals surface area contributed by atoms with Crippen LogP contribution in [-0.4, -0.2) is 81.2 Å². The number of aliphatic hydroxyl groups excluding tert-OH is 1. The molecule has 1 aliphatic carbocycles. The standard InChI is InChI=1S/C28H45ClN4O5/c1-30-18-25(34)24(16-20-8-4-3-5-9-20)32-27(35)33-14-7-11-22(19-33)26(21-10-6-12-23(29)17-21)38-15-13-31-28(36)37-2/h6,10,12,17,20,22,24-26,30,34H,3-5,7-9,11,13-16,18-19H2,1-2H3,(H,31,36)(H,32,35)/t22-,24?,25?,26+/m1/s1. The lowest BCUT2D eigenvalue weighted by Gasteiger charge is -2.38. The minimum Gasteiger partial charge on any atom is -0.453 e. The van der Waals surface area contributed by atoms with Crippen molar-refractivity contribution in [1.29, 1.82) is 0 Å². The van der Waals surface area contributed by atoms with Crippen LogP contribution in [0.4, 0.5) is 9.59 Å². The molecule has 1 aromatic rings. The van der Waals surface area contributed by atoms with Crippen molar-refractivity contribution < 1.29 is 24.2 Å². The number of methoxy groups -OCH3 is 1. The molecule has 0 aromatic heterocycles. The fraction of sp³-hybridized carbons (Fsp3) is 0.714. The van der Waals surface area contributed by atoms with Crippen LogP contribution in [0, 0.1) is 11.8 Å². The summed E-state index contributed by atoms with van der Waals surface area (Å²) in [6, 6.07) is 7.17. The molecule has 1 aliphatic heterocycles. The van der Waals surface area contributed by atoms with Crippen LogP contribution in [0.15, 0.2) is 24.3 Å². The molecule has 1 aromatic carbocycles. The Morgan fingerprint density at radius 2 is 1.97 bits per heavy atom. The minimum absolute atomic E-state index is 0.0603. The third-order valence-corrected chi connectivity index (χ3v) is 7.94. The number of benzene rings is 1. The zero-order valence-electron chi connectivity index (χ0n) is 22.8. The third-order valence-electron chi connectivity index (χ3n) is 7.70. The highest BCUT2D eigenvalue weighted by Gasteiger charge is 2.33. The molecule has 4 atom stereocenters. The smallest absolute Gasteiger partial charge is 0.406 e. The highest BCUT2D eigenvalue weighted by atomic mass is 35.5.